The van der Waals surface area contributed by atoms with Crippen LogP contribution < -0.4 is 20.7 Å². The Morgan fingerprint density at radius 3 is 1.46 bits per heavy atom. The molecular weight excluding hydrogens is 707 g/mol. The van der Waals surface area contributed by atoms with Gasteiger partial charge in [-0.3, -0.25) is 0 Å². The number of fused-ring (bicyclic) bond motifs is 6. The maximum Gasteiger partial charge on any atom is 0.179 e. The number of furan rings is 1. The highest BCUT2D eigenvalue weighted by molar-refractivity contribution is 7.19. The number of aromatic nitrogens is 1. The molecule has 0 fully saturated rings. The Balaban J connectivity index is 1.04. The van der Waals surface area contributed by atoms with Crippen LogP contribution in [0.25, 0.3) is 71.7 Å². The Morgan fingerprint density at radius 2 is 0.825 bits per heavy atom. The monoisotopic (exact) mass is 743 g/mol. The first kappa shape index (κ1) is 33.2. The van der Waals surface area contributed by atoms with Crippen LogP contribution in [0.15, 0.2) is 229 Å². The molecule has 57 heavy (non-hydrogen) atoms. The second-order valence-electron chi connectivity index (χ2n) is 14.8. The van der Waals surface area contributed by atoms with E-state index in [-0.39, 0.29) is 0 Å². The predicted molar refractivity (Wildman–Crippen MR) is 243 cm³/mol. The van der Waals surface area contributed by atoms with Crippen LogP contribution in [0.1, 0.15) is 0 Å². The molecular formula is C54H37NOSi. The standard InChI is InChI=1S/C54H37NOSi/c1-4-20-42(21-5-1)57(43-22-6-2-7-23-43,44-24-8-3-9-25-44)45-26-15-18-39(36-45)38-17-14-19-40(35-38)46-29-16-30-49-50-37-41(33-34-53(50)56-54(46)49)55-51-31-12-10-27-47(51)48-28-11-13-32-52(48)55/h1-37H. The summed E-state index contributed by atoms with van der Waals surface area (Å²) in [5.41, 5.74) is 9.89. The molecule has 0 saturated carbocycles. The van der Waals surface area contributed by atoms with Crippen LogP contribution in [0.5, 0.6) is 0 Å². The Bertz CT molecular complexity index is 3080. The van der Waals surface area contributed by atoms with Crippen LogP contribution in [0.3, 0.4) is 0 Å². The second kappa shape index (κ2) is 13.5. The maximum atomic E-state index is 6.74. The minimum Gasteiger partial charge on any atom is -0.455 e. The van der Waals surface area contributed by atoms with E-state index in [9.17, 15) is 0 Å². The van der Waals surface area contributed by atoms with Crippen LogP contribution in [0.4, 0.5) is 0 Å². The topological polar surface area (TPSA) is 18.1 Å². The third-order valence-electron chi connectivity index (χ3n) is 11.7. The molecule has 2 nitrogen and oxygen atoms in total. The lowest BCUT2D eigenvalue weighted by Gasteiger charge is -2.34. The van der Waals surface area contributed by atoms with E-state index in [1.54, 1.807) is 0 Å². The molecule has 11 rings (SSSR count). The normalized spacial score (nSPS) is 11.9. The van der Waals surface area contributed by atoms with Gasteiger partial charge in [0.25, 0.3) is 0 Å². The zero-order valence-corrected chi connectivity index (χ0v) is 32.2. The molecule has 11 aromatic rings. The lowest BCUT2D eigenvalue weighted by molar-refractivity contribution is 0.670. The molecule has 2 aromatic heterocycles. The highest BCUT2D eigenvalue weighted by atomic mass is 28.3. The fourth-order valence-corrected chi connectivity index (χ4v) is 14.0. The summed E-state index contributed by atoms with van der Waals surface area (Å²) in [5, 5.41) is 10.2. The summed E-state index contributed by atoms with van der Waals surface area (Å²) in [6.07, 6.45) is 0. The Hall–Kier alpha value is -7.20. The highest BCUT2D eigenvalue weighted by Crippen LogP contribution is 2.39. The zero-order valence-electron chi connectivity index (χ0n) is 31.2. The van der Waals surface area contributed by atoms with Crippen molar-refractivity contribution < 1.29 is 4.42 Å². The van der Waals surface area contributed by atoms with E-state index in [1.165, 1.54) is 53.7 Å². The Morgan fingerprint density at radius 1 is 0.333 bits per heavy atom. The van der Waals surface area contributed by atoms with Gasteiger partial charge in [-0.15, -0.1) is 0 Å². The second-order valence-corrected chi connectivity index (χ2v) is 18.7. The molecule has 2 heterocycles. The van der Waals surface area contributed by atoms with Crippen molar-refractivity contribution in [2.24, 2.45) is 0 Å². The van der Waals surface area contributed by atoms with Gasteiger partial charge < -0.3 is 8.98 Å². The first-order valence-corrected chi connectivity index (χ1v) is 21.6. The number of benzene rings is 9. The van der Waals surface area contributed by atoms with Crippen molar-refractivity contribution in [3.05, 3.63) is 224 Å². The molecule has 0 unspecified atom stereocenters. The summed E-state index contributed by atoms with van der Waals surface area (Å²) >= 11 is 0. The number of rotatable bonds is 7. The SMILES string of the molecule is c1ccc([Si](c2ccccc2)(c2ccccc2)c2cccc(-c3cccc(-c4cccc5c4oc4ccc(-n6c7ccccc7c7ccccc76)cc45)c3)c2)cc1. The molecule has 9 aromatic carbocycles. The minimum absolute atomic E-state index is 0.884. The van der Waals surface area contributed by atoms with Crippen molar-refractivity contribution in [2.45, 2.75) is 0 Å². The summed E-state index contributed by atoms with van der Waals surface area (Å²) in [6, 6.07) is 82.0. The minimum atomic E-state index is -2.67. The molecule has 3 heteroatoms. The van der Waals surface area contributed by atoms with Crippen molar-refractivity contribution in [1.82, 2.24) is 4.57 Å². The summed E-state index contributed by atoms with van der Waals surface area (Å²) in [7, 11) is -2.67. The molecule has 0 bridgehead atoms. The summed E-state index contributed by atoms with van der Waals surface area (Å²) in [5.74, 6) is 0. The first-order valence-electron chi connectivity index (χ1n) is 19.6. The summed E-state index contributed by atoms with van der Waals surface area (Å²) < 4.78 is 9.11. The van der Waals surface area contributed by atoms with Crippen LogP contribution in [0, 0.1) is 0 Å². The third kappa shape index (κ3) is 5.31. The first-order chi connectivity index (χ1) is 28.3. The molecule has 0 radical (unpaired) electrons. The number of hydrogen-bond acceptors (Lipinski definition) is 1. The number of nitrogens with zero attached hydrogens (tertiary/aromatic N) is 1. The molecule has 0 aliphatic rings. The van der Waals surface area contributed by atoms with E-state index < -0.39 is 8.07 Å². The summed E-state index contributed by atoms with van der Waals surface area (Å²) in [4.78, 5) is 0. The van der Waals surface area contributed by atoms with Gasteiger partial charge in [0.15, 0.2) is 8.07 Å². The van der Waals surface area contributed by atoms with Gasteiger partial charge in [-0.25, -0.2) is 0 Å². The van der Waals surface area contributed by atoms with Crippen molar-refractivity contribution in [1.29, 1.82) is 0 Å². The van der Waals surface area contributed by atoms with Crippen LogP contribution in [-0.2, 0) is 0 Å². The number of para-hydroxylation sites is 3. The molecule has 0 aliphatic carbocycles. The molecule has 0 aliphatic heterocycles. The van der Waals surface area contributed by atoms with E-state index >= 15 is 0 Å². The maximum absolute atomic E-state index is 6.74. The van der Waals surface area contributed by atoms with Gasteiger partial charge in [-0.1, -0.05) is 188 Å². The van der Waals surface area contributed by atoms with Gasteiger partial charge in [0.1, 0.15) is 11.2 Å². The van der Waals surface area contributed by atoms with Crippen molar-refractivity contribution in [2.75, 3.05) is 0 Å². The van der Waals surface area contributed by atoms with E-state index in [0.29, 0.717) is 0 Å². The molecule has 0 amide bonds. The van der Waals surface area contributed by atoms with Gasteiger partial charge in [-0.2, -0.15) is 0 Å². The van der Waals surface area contributed by atoms with Gasteiger partial charge in [0, 0.05) is 32.8 Å². The van der Waals surface area contributed by atoms with Crippen molar-refractivity contribution in [3.8, 4) is 27.9 Å². The lowest BCUT2D eigenvalue weighted by atomic mass is 9.97. The predicted octanol–water partition coefficient (Wildman–Crippen LogP) is 11.4. The smallest absolute Gasteiger partial charge is 0.179 e. The fraction of sp³-hybridized carbons (Fsp3) is 0. The van der Waals surface area contributed by atoms with Crippen molar-refractivity contribution >= 4 is 72.6 Å². The van der Waals surface area contributed by atoms with Gasteiger partial charge in [-0.05, 0) is 73.8 Å². The average Bonchev–Trinajstić information content (AvgIpc) is 3.84. The van der Waals surface area contributed by atoms with Gasteiger partial charge in [0.05, 0.1) is 11.0 Å². The van der Waals surface area contributed by atoms with Crippen LogP contribution >= 0.6 is 0 Å². The Labute approximate surface area is 332 Å². The Kier molecular flexibility index (Phi) is 7.87. The zero-order chi connectivity index (χ0) is 37.8. The van der Waals surface area contributed by atoms with E-state index in [1.807, 2.05) is 0 Å². The van der Waals surface area contributed by atoms with Crippen LogP contribution in [-0.4, -0.2) is 12.6 Å². The van der Waals surface area contributed by atoms with Crippen molar-refractivity contribution in [3.63, 3.8) is 0 Å². The quantitative estimate of drug-likeness (QED) is 0.117. The average molecular weight is 744 g/mol. The van der Waals surface area contributed by atoms with Crippen LogP contribution in [0.2, 0.25) is 0 Å². The largest absolute Gasteiger partial charge is 0.455 e. The van der Waals surface area contributed by atoms with Gasteiger partial charge >= 0.3 is 0 Å². The van der Waals surface area contributed by atoms with E-state index in [4.69, 9.17) is 4.42 Å². The summed E-state index contributed by atoms with van der Waals surface area (Å²) in [6.45, 7) is 0. The highest BCUT2D eigenvalue weighted by Gasteiger charge is 2.41. The third-order valence-corrected chi connectivity index (χ3v) is 16.5. The molecule has 0 atom stereocenters. The number of hydrogen-bond donors (Lipinski definition) is 0. The van der Waals surface area contributed by atoms with Gasteiger partial charge in [0.2, 0.25) is 0 Å². The molecule has 0 N–H and O–H groups in total. The molecule has 268 valence electrons. The van der Waals surface area contributed by atoms with E-state index in [0.717, 1.165) is 38.8 Å². The van der Waals surface area contributed by atoms with E-state index in [2.05, 4.69) is 229 Å². The molecule has 0 spiro atoms. The fourth-order valence-electron chi connectivity index (χ4n) is 9.22. The lowest BCUT2D eigenvalue weighted by Crippen LogP contribution is -2.74. The molecule has 0 saturated heterocycles.